The number of aromatic nitrogens is 5. The van der Waals surface area contributed by atoms with Gasteiger partial charge in [0.1, 0.15) is 23.7 Å². The highest BCUT2D eigenvalue weighted by Crippen LogP contribution is 2.50. The molecule has 2 N–H and O–H groups in total. The third-order valence-electron chi connectivity index (χ3n) is 10.00. The van der Waals surface area contributed by atoms with E-state index < -0.39 is 0 Å². The topological polar surface area (TPSA) is 109 Å². The van der Waals surface area contributed by atoms with Crippen molar-refractivity contribution >= 4 is 33.1 Å². The molecule has 11 heteroatoms. The summed E-state index contributed by atoms with van der Waals surface area (Å²) in [5.74, 6) is 2.07. The van der Waals surface area contributed by atoms with Crippen molar-refractivity contribution in [3.63, 3.8) is 0 Å². The number of hydrogen-bond acceptors (Lipinski definition) is 8. The normalized spacial score (nSPS) is 18.0. The van der Waals surface area contributed by atoms with E-state index in [4.69, 9.17) is 14.7 Å². The van der Waals surface area contributed by atoms with Gasteiger partial charge in [-0.05, 0) is 90.9 Å². The van der Waals surface area contributed by atoms with Gasteiger partial charge < -0.3 is 15.0 Å². The van der Waals surface area contributed by atoms with Crippen molar-refractivity contribution in [1.82, 2.24) is 30.0 Å². The van der Waals surface area contributed by atoms with E-state index in [2.05, 4.69) is 32.6 Å². The third kappa shape index (κ3) is 4.67. The van der Waals surface area contributed by atoms with Gasteiger partial charge in [-0.1, -0.05) is 24.3 Å². The number of halogens is 1. The van der Waals surface area contributed by atoms with Crippen molar-refractivity contribution < 1.29 is 13.9 Å². The molecule has 9 nitrogen and oxygen atoms in total. The fourth-order valence-electron chi connectivity index (χ4n) is 7.79. The Kier molecular flexibility index (Phi) is 6.96. The highest BCUT2D eigenvalue weighted by molar-refractivity contribution is 7.23. The standard InChI is InChI=1S/C37H32FN7O2S/c1-47-28-6-2-4-23-24(28)12-14-25(23)43-36-34-21(15-16-39-36)18-29(48-34)31-30(35-40-19-41-44-35)26(13-9-20-7-10-22(38)11-8-20)42-33-27-5-3-17-45(27)37(46)32(31)33/h2,4,6-8,10-11,15-16,18-19,25,27H,3,5,9,12-14,17H2,1H3,(H,39,43)(H,40,41,44)/t25-,27-/m0/s1. The largest absolute Gasteiger partial charge is 0.496 e. The minimum Gasteiger partial charge on any atom is -0.496 e. The summed E-state index contributed by atoms with van der Waals surface area (Å²) >= 11 is 1.63. The van der Waals surface area contributed by atoms with Crippen molar-refractivity contribution in [3.05, 3.63) is 107 Å². The molecule has 1 fully saturated rings. The average Bonchev–Trinajstić information content (AvgIpc) is 3.95. The van der Waals surface area contributed by atoms with Gasteiger partial charge in [0, 0.05) is 28.7 Å². The molecule has 0 spiro atoms. The first-order valence-electron chi connectivity index (χ1n) is 16.4. The second-order valence-electron chi connectivity index (χ2n) is 12.6. The van der Waals surface area contributed by atoms with Crippen molar-refractivity contribution in [2.45, 2.75) is 50.6 Å². The van der Waals surface area contributed by atoms with Gasteiger partial charge in [0.05, 0.1) is 40.8 Å². The number of aryl methyl sites for hydroxylation is 2. The Morgan fingerprint density at radius 3 is 2.79 bits per heavy atom. The van der Waals surface area contributed by atoms with Crippen molar-refractivity contribution in [2.24, 2.45) is 0 Å². The predicted octanol–water partition coefficient (Wildman–Crippen LogP) is 7.47. The molecule has 2 atom stereocenters. The number of rotatable bonds is 8. The zero-order valence-corrected chi connectivity index (χ0v) is 27.1. The summed E-state index contributed by atoms with van der Waals surface area (Å²) in [6, 6.07) is 17.1. The van der Waals surface area contributed by atoms with Crippen LogP contribution in [-0.2, 0) is 19.3 Å². The number of benzene rings is 2. The minimum atomic E-state index is -0.260. The number of pyridine rings is 2. The number of aromatic amines is 1. The van der Waals surface area contributed by atoms with E-state index in [1.807, 2.05) is 41.4 Å². The number of H-pyrrole nitrogens is 1. The summed E-state index contributed by atoms with van der Waals surface area (Å²) in [4.78, 5) is 31.7. The van der Waals surface area contributed by atoms with Gasteiger partial charge in [-0.25, -0.2) is 14.4 Å². The lowest BCUT2D eigenvalue weighted by atomic mass is 9.92. The third-order valence-corrected chi connectivity index (χ3v) is 11.2. The first kappa shape index (κ1) is 29.0. The molecule has 6 heterocycles. The number of nitrogens with zero attached hydrogens (tertiary/aromatic N) is 5. The Bertz CT molecular complexity index is 2200. The number of thiophene rings is 1. The summed E-state index contributed by atoms with van der Waals surface area (Å²) in [5, 5.41) is 12.1. The van der Waals surface area contributed by atoms with Crippen LogP contribution in [0.4, 0.5) is 10.2 Å². The molecule has 9 rings (SSSR count). The summed E-state index contributed by atoms with van der Waals surface area (Å²) in [7, 11) is 1.72. The lowest BCUT2D eigenvalue weighted by Crippen LogP contribution is -2.22. The maximum Gasteiger partial charge on any atom is 0.257 e. The maximum atomic E-state index is 14.2. The molecule has 240 valence electrons. The van der Waals surface area contributed by atoms with Crippen LogP contribution in [0.2, 0.25) is 0 Å². The van der Waals surface area contributed by atoms with Gasteiger partial charge >= 0.3 is 0 Å². The molecular weight excluding hydrogens is 626 g/mol. The number of fused-ring (bicyclic) bond motifs is 5. The molecule has 1 aliphatic carbocycles. The highest BCUT2D eigenvalue weighted by Gasteiger charge is 2.44. The fraction of sp³-hybridized carbons (Fsp3) is 0.270. The number of anilines is 1. The molecule has 2 aliphatic heterocycles. The molecule has 6 aromatic rings. The summed E-state index contributed by atoms with van der Waals surface area (Å²) < 4.78 is 20.4. The first-order valence-corrected chi connectivity index (χ1v) is 17.2. The maximum absolute atomic E-state index is 14.2. The number of methoxy groups -OCH3 is 1. The van der Waals surface area contributed by atoms with Gasteiger partial charge in [-0.15, -0.1) is 11.3 Å². The lowest BCUT2D eigenvalue weighted by Gasteiger charge is -2.17. The van der Waals surface area contributed by atoms with E-state index in [-0.39, 0.29) is 23.8 Å². The monoisotopic (exact) mass is 657 g/mol. The van der Waals surface area contributed by atoms with Gasteiger partial charge in [-0.3, -0.25) is 14.9 Å². The molecule has 0 bridgehead atoms. The van der Waals surface area contributed by atoms with E-state index in [9.17, 15) is 9.18 Å². The van der Waals surface area contributed by atoms with Crippen LogP contribution in [0.3, 0.4) is 0 Å². The van der Waals surface area contributed by atoms with Crippen molar-refractivity contribution in [3.8, 4) is 27.6 Å². The van der Waals surface area contributed by atoms with E-state index in [1.54, 1.807) is 18.4 Å². The quantitative estimate of drug-likeness (QED) is 0.175. The summed E-state index contributed by atoms with van der Waals surface area (Å²) in [6.45, 7) is 0.722. The zero-order valence-electron chi connectivity index (χ0n) is 26.3. The second-order valence-corrected chi connectivity index (χ2v) is 13.7. The van der Waals surface area contributed by atoms with E-state index >= 15 is 0 Å². The smallest absolute Gasteiger partial charge is 0.257 e. The number of ether oxygens (including phenoxy) is 1. The average molecular weight is 658 g/mol. The highest BCUT2D eigenvalue weighted by atomic mass is 32.1. The van der Waals surface area contributed by atoms with Crippen LogP contribution >= 0.6 is 11.3 Å². The molecule has 0 unspecified atom stereocenters. The van der Waals surface area contributed by atoms with Gasteiger partial charge in [0.25, 0.3) is 5.91 Å². The molecule has 48 heavy (non-hydrogen) atoms. The summed E-state index contributed by atoms with van der Waals surface area (Å²) in [6.07, 6.45) is 8.31. The van der Waals surface area contributed by atoms with Crippen LogP contribution in [0.15, 0.2) is 67.1 Å². The van der Waals surface area contributed by atoms with Gasteiger partial charge in [-0.2, -0.15) is 5.10 Å². The second kappa shape index (κ2) is 11.5. The molecule has 4 aromatic heterocycles. The molecule has 0 saturated carbocycles. The Morgan fingerprint density at radius 2 is 1.96 bits per heavy atom. The minimum absolute atomic E-state index is 0.0197. The van der Waals surface area contributed by atoms with E-state index in [0.717, 1.165) is 86.8 Å². The van der Waals surface area contributed by atoms with Crippen LogP contribution in [0, 0.1) is 5.82 Å². The lowest BCUT2D eigenvalue weighted by molar-refractivity contribution is 0.0776. The fourth-order valence-corrected chi connectivity index (χ4v) is 8.95. The predicted molar refractivity (Wildman–Crippen MR) is 183 cm³/mol. The zero-order chi connectivity index (χ0) is 32.4. The molecule has 1 amide bonds. The van der Waals surface area contributed by atoms with Gasteiger partial charge in [0.15, 0.2) is 5.82 Å². The first-order chi connectivity index (χ1) is 23.6. The molecule has 1 saturated heterocycles. The van der Waals surface area contributed by atoms with Crippen molar-refractivity contribution in [1.29, 1.82) is 0 Å². The Labute approximate surface area is 280 Å². The van der Waals surface area contributed by atoms with Gasteiger partial charge in [0.2, 0.25) is 0 Å². The molecule has 0 radical (unpaired) electrons. The number of nitrogens with one attached hydrogen (secondary N) is 2. The van der Waals surface area contributed by atoms with E-state index in [1.165, 1.54) is 29.6 Å². The van der Waals surface area contributed by atoms with Crippen LogP contribution in [0.1, 0.15) is 69.8 Å². The summed E-state index contributed by atoms with van der Waals surface area (Å²) in [5.41, 5.74) is 7.46. The molecule has 2 aromatic carbocycles. The number of carbonyl (C=O) groups is 1. The molecule has 3 aliphatic rings. The molecular formula is C37H32FN7O2S. The van der Waals surface area contributed by atoms with Crippen LogP contribution in [0.5, 0.6) is 5.75 Å². The van der Waals surface area contributed by atoms with Crippen molar-refractivity contribution in [2.75, 3.05) is 19.0 Å². The Hall–Kier alpha value is -5.16. The van der Waals surface area contributed by atoms with Crippen LogP contribution in [0.25, 0.3) is 31.9 Å². The Morgan fingerprint density at radius 1 is 1.06 bits per heavy atom. The number of carbonyl (C=O) groups excluding carboxylic acids is 1. The van der Waals surface area contributed by atoms with E-state index in [0.29, 0.717) is 24.2 Å². The SMILES string of the molecule is COc1cccc2c1CC[C@@H]2Nc1nccc2cc(-c3c4c(nc(CCc5ccc(F)cc5)c3-c3ncn[nH]3)[C@@H]3CCCN3C4=O)sc12. The van der Waals surface area contributed by atoms with Crippen LogP contribution < -0.4 is 10.1 Å². The Balaban J connectivity index is 1.19. The number of amides is 1. The number of hydrogen-bond donors (Lipinski definition) is 2. The van der Waals surface area contributed by atoms with Crippen LogP contribution in [-0.4, -0.2) is 49.6 Å².